The number of aromatic amines is 1. The van der Waals surface area contributed by atoms with Crippen LogP contribution in [0, 0.1) is 6.92 Å². The largest absolute Gasteiger partial charge is 0.507 e. The van der Waals surface area contributed by atoms with Gasteiger partial charge in [-0.15, -0.1) is 0 Å². The van der Waals surface area contributed by atoms with Crippen molar-refractivity contribution in [3.63, 3.8) is 0 Å². The van der Waals surface area contributed by atoms with E-state index in [1.165, 1.54) is 7.11 Å². The fourth-order valence-electron chi connectivity index (χ4n) is 4.14. The van der Waals surface area contributed by atoms with E-state index in [0.29, 0.717) is 36.6 Å². The van der Waals surface area contributed by atoms with Crippen LogP contribution in [-0.2, 0) is 36.2 Å². The molecule has 0 aliphatic heterocycles. The van der Waals surface area contributed by atoms with Crippen LogP contribution in [0.15, 0.2) is 60.0 Å². The Morgan fingerprint density at radius 3 is 2.67 bits per heavy atom. The molecule has 10 heteroatoms. The minimum Gasteiger partial charge on any atom is -0.507 e. The fraction of sp³-hybridized carbons (Fsp3) is 0.308. The summed E-state index contributed by atoms with van der Waals surface area (Å²) in [5, 5.41) is 10.8. The third-order valence-electron chi connectivity index (χ3n) is 6.20. The van der Waals surface area contributed by atoms with Gasteiger partial charge in [0.25, 0.3) is 5.56 Å². The predicted octanol–water partition coefficient (Wildman–Crippen LogP) is 2.84. The van der Waals surface area contributed by atoms with E-state index >= 15 is 0 Å². The maximum Gasteiger partial charge on any atom is 0.306 e. The number of H-pyrrole nitrogens is 1. The number of hydrogen-bond acceptors (Lipinski definition) is 7. The molecule has 188 valence electrons. The molecule has 0 saturated heterocycles. The Morgan fingerprint density at radius 2 is 2.03 bits per heavy atom. The van der Waals surface area contributed by atoms with Crippen molar-refractivity contribution >= 4 is 5.97 Å². The highest BCUT2D eigenvalue weighted by atomic mass is 16.5. The SMILES string of the molecule is COC(=O)CC(c1ccc(OCc2nccn2C)cc1)c1c(O)cc(C)n(CCc2cnc[nH]2)c1=O. The van der Waals surface area contributed by atoms with Crippen molar-refractivity contribution < 1.29 is 19.4 Å². The molecule has 1 unspecified atom stereocenters. The van der Waals surface area contributed by atoms with Gasteiger partial charge in [0.15, 0.2) is 0 Å². The van der Waals surface area contributed by atoms with Gasteiger partial charge in [-0.05, 0) is 30.7 Å². The number of aromatic hydroxyl groups is 1. The molecule has 1 atom stereocenters. The molecule has 2 N–H and O–H groups in total. The maximum atomic E-state index is 13.6. The molecule has 0 bridgehead atoms. The summed E-state index contributed by atoms with van der Waals surface area (Å²) < 4.78 is 14.2. The summed E-state index contributed by atoms with van der Waals surface area (Å²) in [4.78, 5) is 37.2. The van der Waals surface area contributed by atoms with E-state index in [4.69, 9.17) is 9.47 Å². The fourth-order valence-corrected chi connectivity index (χ4v) is 4.14. The second-order valence-corrected chi connectivity index (χ2v) is 8.51. The number of pyridine rings is 1. The average molecular weight is 492 g/mol. The second kappa shape index (κ2) is 10.9. The smallest absolute Gasteiger partial charge is 0.306 e. The number of carbonyl (C=O) groups is 1. The van der Waals surface area contributed by atoms with Crippen LogP contribution >= 0.6 is 0 Å². The van der Waals surface area contributed by atoms with Crippen molar-refractivity contribution in [2.24, 2.45) is 7.05 Å². The molecule has 0 aliphatic rings. The molecule has 1 aromatic carbocycles. The molecule has 36 heavy (non-hydrogen) atoms. The minimum atomic E-state index is -0.701. The van der Waals surface area contributed by atoms with Crippen LogP contribution in [0.1, 0.15) is 40.7 Å². The summed E-state index contributed by atoms with van der Waals surface area (Å²) >= 11 is 0. The number of benzene rings is 1. The zero-order valence-corrected chi connectivity index (χ0v) is 20.5. The third-order valence-corrected chi connectivity index (χ3v) is 6.20. The number of ether oxygens (including phenoxy) is 2. The Morgan fingerprint density at radius 1 is 1.25 bits per heavy atom. The van der Waals surface area contributed by atoms with Gasteiger partial charge >= 0.3 is 5.97 Å². The van der Waals surface area contributed by atoms with Crippen LogP contribution < -0.4 is 10.3 Å². The number of methoxy groups -OCH3 is 1. The maximum absolute atomic E-state index is 13.6. The molecule has 3 aromatic heterocycles. The van der Waals surface area contributed by atoms with Crippen LogP contribution in [0.25, 0.3) is 0 Å². The van der Waals surface area contributed by atoms with Gasteiger partial charge < -0.3 is 28.7 Å². The van der Waals surface area contributed by atoms with Crippen molar-refractivity contribution in [3.8, 4) is 11.5 Å². The Bertz CT molecular complexity index is 1370. The molecule has 0 radical (unpaired) electrons. The van der Waals surface area contributed by atoms with Crippen molar-refractivity contribution in [2.75, 3.05) is 7.11 Å². The summed E-state index contributed by atoms with van der Waals surface area (Å²) in [5.41, 5.74) is 1.99. The summed E-state index contributed by atoms with van der Waals surface area (Å²) in [6, 6.07) is 8.66. The van der Waals surface area contributed by atoms with Crippen molar-refractivity contribution in [3.05, 3.63) is 93.9 Å². The van der Waals surface area contributed by atoms with Crippen LogP contribution in [-0.4, -0.2) is 42.3 Å². The average Bonchev–Trinajstić information content (AvgIpc) is 3.53. The lowest BCUT2D eigenvalue weighted by Gasteiger charge is -2.21. The van der Waals surface area contributed by atoms with E-state index < -0.39 is 11.9 Å². The Labute approximate surface area is 208 Å². The van der Waals surface area contributed by atoms with Gasteiger partial charge in [-0.2, -0.15) is 0 Å². The van der Waals surface area contributed by atoms with E-state index in [2.05, 4.69) is 15.0 Å². The molecule has 4 rings (SSSR count). The van der Waals surface area contributed by atoms with Crippen LogP contribution in [0.5, 0.6) is 11.5 Å². The first-order valence-corrected chi connectivity index (χ1v) is 11.5. The van der Waals surface area contributed by atoms with Gasteiger partial charge in [0.05, 0.1) is 25.4 Å². The van der Waals surface area contributed by atoms with E-state index in [9.17, 15) is 14.7 Å². The van der Waals surface area contributed by atoms with Crippen molar-refractivity contribution in [1.82, 2.24) is 24.1 Å². The number of esters is 1. The van der Waals surface area contributed by atoms with Crippen molar-refractivity contribution in [2.45, 2.75) is 38.8 Å². The molecule has 4 aromatic rings. The minimum absolute atomic E-state index is 0.101. The van der Waals surface area contributed by atoms with Gasteiger partial charge in [-0.25, -0.2) is 9.97 Å². The summed E-state index contributed by atoms with van der Waals surface area (Å²) in [7, 11) is 3.19. The molecule has 0 amide bonds. The van der Waals surface area contributed by atoms with E-state index in [1.54, 1.807) is 60.5 Å². The van der Waals surface area contributed by atoms with Crippen LogP contribution in [0.3, 0.4) is 0 Å². The van der Waals surface area contributed by atoms with Crippen LogP contribution in [0.4, 0.5) is 0 Å². The first kappa shape index (κ1) is 24.8. The van der Waals surface area contributed by atoms with E-state index in [-0.39, 0.29) is 23.3 Å². The normalized spacial score (nSPS) is 11.9. The van der Waals surface area contributed by atoms with Gasteiger partial charge in [-0.1, -0.05) is 12.1 Å². The van der Waals surface area contributed by atoms with E-state index in [1.807, 2.05) is 17.8 Å². The van der Waals surface area contributed by atoms with E-state index in [0.717, 1.165) is 11.5 Å². The quantitative estimate of drug-likeness (QED) is 0.327. The monoisotopic (exact) mass is 491 g/mol. The number of hydrogen-bond donors (Lipinski definition) is 2. The highest BCUT2D eigenvalue weighted by Gasteiger charge is 2.26. The lowest BCUT2D eigenvalue weighted by atomic mass is 9.88. The van der Waals surface area contributed by atoms with Gasteiger partial charge in [0, 0.05) is 55.9 Å². The second-order valence-electron chi connectivity index (χ2n) is 8.51. The number of carbonyl (C=O) groups excluding carboxylic acids is 1. The first-order chi connectivity index (χ1) is 17.4. The number of nitrogens with one attached hydrogen (secondary N) is 1. The summed E-state index contributed by atoms with van der Waals surface area (Å²) in [6.45, 7) is 2.46. The number of aromatic nitrogens is 5. The predicted molar refractivity (Wildman–Crippen MR) is 132 cm³/mol. The lowest BCUT2D eigenvalue weighted by molar-refractivity contribution is -0.140. The van der Waals surface area contributed by atoms with Gasteiger partial charge in [-0.3, -0.25) is 9.59 Å². The summed E-state index contributed by atoms with van der Waals surface area (Å²) in [5.74, 6) is 0.0527. The molecular weight excluding hydrogens is 462 g/mol. The zero-order chi connectivity index (χ0) is 25.7. The lowest BCUT2D eigenvalue weighted by Crippen LogP contribution is -2.29. The number of imidazole rings is 2. The highest BCUT2D eigenvalue weighted by molar-refractivity contribution is 5.71. The molecule has 0 fully saturated rings. The Balaban J connectivity index is 1.64. The summed E-state index contributed by atoms with van der Waals surface area (Å²) in [6.07, 6.45) is 7.30. The molecule has 3 heterocycles. The number of rotatable bonds is 10. The molecular formula is C26H29N5O5. The molecule has 0 spiro atoms. The zero-order valence-electron chi connectivity index (χ0n) is 20.5. The number of nitrogens with zero attached hydrogens (tertiary/aromatic N) is 4. The van der Waals surface area contributed by atoms with Gasteiger partial charge in [0.2, 0.25) is 0 Å². The Kier molecular flexibility index (Phi) is 7.53. The topological polar surface area (TPSA) is 124 Å². The van der Waals surface area contributed by atoms with Crippen LogP contribution in [0.2, 0.25) is 0 Å². The standard InChI is InChI=1S/C26H29N5O5/c1-17-12-22(32)25(26(34)31(17)10-8-19-14-27-16-29-19)21(13-24(33)35-3)18-4-6-20(7-5-18)36-15-23-28-9-11-30(23)2/h4-7,9,11-12,14,16,21,32H,8,10,13,15H2,1-3H3,(H,27,29). The Hall–Kier alpha value is -4.34. The third kappa shape index (κ3) is 5.48. The number of aryl methyl sites for hydroxylation is 3. The van der Waals surface area contributed by atoms with Crippen molar-refractivity contribution in [1.29, 1.82) is 0 Å². The highest BCUT2D eigenvalue weighted by Crippen LogP contribution is 2.33. The first-order valence-electron chi connectivity index (χ1n) is 11.5. The molecule has 0 saturated carbocycles. The molecule has 10 nitrogen and oxygen atoms in total. The molecule has 0 aliphatic carbocycles. The van der Waals surface area contributed by atoms with Gasteiger partial charge in [0.1, 0.15) is 23.9 Å².